The molecular weight excluding hydrogens is 316 g/mol. The van der Waals surface area contributed by atoms with Crippen molar-refractivity contribution in [1.29, 1.82) is 0 Å². The summed E-state index contributed by atoms with van der Waals surface area (Å²) >= 11 is 3.44. The average Bonchev–Trinajstić information content (AvgIpc) is 2.43. The predicted molar refractivity (Wildman–Crippen MR) is 86.9 cm³/mol. The number of amides is 1. The molecule has 0 heterocycles. The fourth-order valence-electron chi connectivity index (χ4n) is 2.89. The van der Waals surface area contributed by atoms with Crippen LogP contribution >= 0.6 is 15.9 Å². The van der Waals surface area contributed by atoms with Crippen molar-refractivity contribution in [3.8, 4) is 0 Å². The largest absolute Gasteiger partial charge is 0.326 e. The number of rotatable bonds is 4. The highest BCUT2D eigenvalue weighted by atomic mass is 79.9. The van der Waals surface area contributed by atoms with Gasteiger partial charge in [-0.05, 0) is 69.3 Å². The van der Waals surface area contributed by atoms with E-state index in [1.807, 2.05) is 32.2 Å². The number of aryl methyl sites for hydroxylation is 1. The zero-order valence-electron chi connectivity index (χ0n) is 12.2. The first-order chi connectivity index (χ1) is 9.58. The molecule has 1 aliphatic rings. The van der Waals surface area contributed by atoms with Crippen molar-refractivity contribution in [3.63, 3.8) is 0 Å². The van der Waals surface area contributed by atoms with E-state index in [1.54, 1.807) is 0 Å². The number of benzene rings is 1. The quantitative estimate of drug-likeness (QED) is 0.874. The van der Waals surface area contributed by atoms with Crippen LogP contribution in [0.3, 0.4) is 0 Å². The first-order valence-electron chi connectivity index (χ1n) is 7.31. The van der Waals surface area contributed by atoms with Gasteiger partial charge in [0, 0.05) is 22.6 Å². The lowest BCUT2D eigenvalue weighted by atomic mass is 9.84. The SMILES string of the molecule is CNC1CCC(CC(=O)Nc2ccc(Br)cc2C)CC1. The third kappa shape index (κ3) is 4.32. The van der Waals surface area contributed by atoms with E-state index in [1.165, 1.54) is 12.8 Å². The molecule has 2 rings (SSSR count). The lowest BCUT2D eigenvalue weighted by molar-refractivity contribution is -0.117. The van der Waals surface area contributed by atoms with Crippen LogP contribution in [0.15, 0.2) is 22.7 Å². The van der Waals surface area contributed by atoms with Gasteiger partial charge in [-0.1, -0.05) is 15.9 Å². The molecule has 2 N–H and O–H groups in total. The van der Waals surface area contributed by atoms with Gasteiger partial charge in [0.1, 0.15) is 0 Å². The predicted octanol–water partition coefficient (Wildman–Crippen LogP) is 3.86. The van der Waals surface area contributed by atoms with E-state index >= 15 is 0 Å². The van der Waals surface area contributed by atoms with Gasteiger partial charge >= 0.3 is 0 Å². The van der Waals surface area contributed by atoms with Crippen molar-refractivity contribution < 1.29 is 4.79 Å². The fraction of sp³-hybridized carbons (Fsp3) is 0.562. The molecule has 20 heavy (non-hydrogen) atoms. The Morgan fingerprint density at radius 1 is 1.30 bits per heavy atom. The smallest absolute Gasteiger partial charge is 0.224 e. The van der Waals surface area contributed by atoms with Gasteiger partial charge in [0.2, 0.25) is 5.91 Å². The van der Waals surface area contributed by atoms with Crippen LogP contribution in [-0.4, -0.2) is 19.0 Å². The maximum atomic E-state index is 12.1. The van der Waals surface area contributed by atoms with Gasteiger partial charge in [-0.3, -0.25) is 4.79 Å². The molecule has 1 fully saturated rings. The Morgan fingerprint density at radius 3 is 2.60 bits per heavy atom. The highest BCUT2D eigenvalue weighted by Crippen LogP contribution is 2.27. The van der Waals surface area contributed by atoms with Crippen molar-refractivity contribution >= 4 is 27.5 Å². The van der Waals surface area contributed by atoms with Gasteiger partial charge in [-0.2, -0.15) is 0 Å². The second-order valence-electron chi connectivity index (χ2n) is 5.72. The maximum absolute atomic E-state index is 12.1. The van der Waals surface area contributed by atoms with E-state index in [0.717, 1.165) is 28.6 Å². The first kappa shape index (κ1) is 15.5. The molecule has 110 valence electrons. The Hall–Kier alpha value is -0.870. The van der Waals surface area contributed by atoms with E-state index < -0.39 is 0 Å². The zero-order valence-corrected chi connectivity index (χ0v) is 13.8. The minimum absolute atomic E-state index is 0.142. The summed E-state index contributed by atoms with van der Waals surface area (Å²) < 4.78 is 1.04. The number of halogens is 1. The summed E-state index contributed by atoms with van der Waals surface area (Å²) in [5.74, 6) is 0.679. The summed E-state index contributed by atoms with van der Waals surface area (Å²) in [6.45, 7) is 2.01. The van der Waals surface area contributed by atoms with Crippen molar-refractivity contribution in [1.82, 2.24) is 5.32 Å². The van der Waals surface area contributed by atoms with Gasteiger partial charge in [-0.15, -0.1) is 0 Å². The maximum Gasteiger partial charge on any atom is 0.224 e. The topological polar surface area (TPSA) is 41.1 Å². The first-order valence-corrected chi connectivity index (χ1v) is 8.11. The third-order valence-corrected chi connectivity index (χ3v) is 4.68. The van der Waals surface area contributed by atoms with Crippen LogP contribution in [-0.2, 0) is 4.79 Å². The van der Waals surface area contributed by atoms with Crippen molar-refractivity contribution in [2.24, 2.45) is 5.92 Å². The monoisotopic (exact) mass is 338 g/mol. The van der Waals surface area contributed by atoms with Gasteiger partial charge in [0.15, 0.2) is 0 Å². The summed E-state index contributed by atoms with van der Waals surface area (Å²) in [6.07, 6.45) is 5.32. The molecule has 0 saturated heterocycles. The molecule has 0 atom stereocenters. The molecular formula is C16H23BrN2O. The van der Waals surface area contributed by atoms with Gasteiger partial charge in [-0.25, -0.2) is 0 Å². The molecule has 0 aliphatic heterocycles. The minimum Gasteiger partial charge on any atom is -0.326 e. The van der Waals surface area contributed by atoms with Gasteiger partial charge < -0.3 is 10.6 Å². The minimum atomic E-state index is 0.142. The number of carbonyl (C=O) groups is 1. The molecule has 1 aromatic rings. The van der Waals surface area contributed by atoms with Crippen molar-refractivity contribution in [3.05, 3.63) is 28.2 Å². The van der Waals surface area contributed by atoms with Crippen LogP contribution in [0, 0.1) is 12.8 Å². The average molecular weight is 339 g/mol. The number of anilines is 1. The van der Waals surface area contributed by atoms with Gasteiger partial charge in [0.25, 0.3) is 0 Å². The molecule has 3 nitrogen and oxygen atoms in total. The second kappa shape index (κ2) is 7.23. The van der Waals surface area contributed by atoms with E-state index in [9.17, 15) is 4.79 Å². The molecule has 0 aromatic heterocycles. The van der Waals surface area contributed by atoms with Crippen LogP contribution < -0.4 is 10.6 Å². The molecule has 1 saturated carbocycles. The van der Waals surface area contributed by atoms with Crippen molar-refractivity contribution in [2.45, 2.75) is 45.1 Å². The summed E-state index contributed by atoms with van der Waals surface area (Å²) in [4.78, 5) is 12.1. The Bertz CT molecular complexity index is 468. The van der Waals surface area contributed by atoms with E-state index in [0.29, 0.717) is 18.4 Å². The summed E-state index contributed by atoms with van der Waals surface area (Å²) in [7, 11) is 2.02. The van der Waals surface area contributed by atoms with Crippen LogP contribution in [0.4, 0.5) is 5.69 Å². The molecule has 1 aliphatic carbocycles. The molecule has 1 amide bonds. The normalized spacial score (nSPS) is 22.6. The number of nitrogens with one attached hydrogen (secondary N) is 2. The molecule has 0 unspecified atom stereocenters. The molecule has 0 bridgehead atoms. The lowest BCUT2D eigenvalue weighted by Gasteiger charge is -2.27. The van der Waals surface area contributed by atoms with Crippen molar-refractivity contribution in [2.75, 3.05) is 12.4 Å². The molecule has 0 radical (unpaired) electrons. The standard InChI is InChI=1S/C16H23BrN2O/c1-11-9-13(17)5-8-15(11)19-16(20)10-12-3-6-14(18-2)7-4-12/h5,8-9,12,14,18H,3-4,6-7,10H2,1-2H3,(H,19,20). The van der Waals surface area contributed by atoms with Crippen LogP contribution in [0.25, 0.3) is 0 Å². The third-order valence-electron chi connectivity index (χ3n) is 4.19. The van der Waals surface area contributed by atoms with Crippen LogP contribution in [0.1, 0.15) is 37.7 Å². The Morgan fingerprint density at radius 2 is 2.00 bits per heavy atom. The molecule has 0 spiro atoms. The van der Waals surface area contributed by atoms with E-state index in [-0.39, 0.29) is 5.91 Å². The highest BCUT2D eigenvalue weighted by molar-refractivity contribution is 9.10. The Kier molecular flexibility index (Phi) is 5.61. The Balaban J connectivity index is 1.84. The lowest BCUT2D eigenvalue weighted by Crippen LogP contribution is -2.31. The number of hydrogen-bond acceptors (Lipinski definition) is 2. The number of carbonyl (C=O) groups excluding carboxylic acids is 1. The second-order valence-corrected chi connectivity index (χ2v) is 6.63. The fourth-order valence-corrected chi connectivity index (χ4v) is 3.36. The van der Waals surface area contributed by atoms with Crippen LogP contribution in [0.5, 0.6) is 0 Å². The summed E-state index contributed by atoms with van der Waals surface area (Å²) in [5, 5.41) is 6.36. The molecule has 1 aromatic carbocycles. The number of hydrogen-bond donors (Lipinski definition) is 2. The van der Waals surface area contributed by atoms with Gasteiger partial charge in [0.05, 0.1) is 0 Å². The summed E-state index contributed by atoms with van der Waals surface area (Å²) in [6, 6.07) is 6.58. The van der Waals surface area contributed by atoms with E-state index in [2.05, 4.69) is 26.6 Å². The molecule has 4 heteroatoms. The Labute approximate surface area is 129 Å². The highest BCUT2D eigenvalue weighted by Gasteiger charge is 2.22. The zero-order chi connectivity index (χ0) is 14.5. The van der Waals surface area contributed by atoms with Crippen LogP contribution in [0.2, 0.25) is 0 Å². The van der Waals surface area contributed by atoms with E-state index in [4.69, 9.17) is 0 Å². The summed E-state index contributed by atoms with van der Waals surface area (Å²) in [5.41, 5.74) is 2.01.